The van der Waals surface area contributed by atoms with Crippen LogP contribution in [-0.2, 0) is 12.6 Å². The topological polar surface area (TPSA) is 41.1 Å². The summed E-state index contributed by atoms with van der Waals surface area (Å²) in [6.45, 7) is 3.90. The van der Waals surface area contributed by atoms with Crippen molar-refractivity contribution in [3.8, 4) is 0 Å². The lowest BCUT2D eigenvalue weighted by Crippen LogP contribution is -2.25. The summed E-state index contributed by atoms with van der Waals surface area (Å²) in [6.07, 6.45) is -3.57. The Bertz CT molecular complexity index is 1020. The van der Waals surface area contributed by atoms with E-state index in [0.29, 0.717) is 11.5 Å². The Morgan fingerprint density at radius 1 is 1.04 bits per heavy atom. The summed E-state index contributed by atoms with van der Waals surface area (Å²) >= 11 is 0. The highest BCUT2D eigenvalue weighted by Crippen LogP contribution is 2.38. The summed E-state index contributed by atoms with van der Waals surface area (Å²) in [6, 6.07) is 15.5. The van der Waals surface area contributed by atoms with Crippen molar-refractivity contribution in [3.63, 3.8) is 0 Å². The highest BCUT2D eigenvalue weighted by atomic mass is 19.4. The van der Waals surface area contributed by atoms with E-state index in [2.05, 4.69) is 33.2 Å². The van der Waals surface area contributed by atoms with Crippen LogP contribution in [0.2, 0.25) is 0 Å². The molecule has 0 fully saturated rings. The average molecular weight is 384 g/mol. The number of hydrogen-bond donors (Lipinski definition) is 1. The van der Waals surface area contributed by atoms with E-state index in [-0.39, 0.29) is 17.7 Å². The first-order valence-corrected chi connectivity index (χ1v) is 8.99. The third-order valence-corrected chi connectivity index (χ3v) is 4.77. The second-order valence-electron chi connectivity index (χ2n) is 6.91. The molecule has 1 aliphatic rings. The molecule has 4 rings (SSSR count). The minimum Gasteiger partial charge on any atom is -0.324 e. The Morgan fingerprint density at radius 2 is 1.75 bits per heavy atom. The number of fused-ring (bicyclic) bond motifs is 1. The summed E-state index contributed by atoms with van der Waals surface area (Å²) in [7, 11) is 0. The van der Waals surface area contributed by atoms with Crippen molar-refractivity contribution in [1.82, 2.24) is 9.97 Å². The van der Waals surface area contributed by atoms with Gasteiger partial charge in [-0.3, -0.25) is 0 Å². The fourth-order valence-electron chi connectivity index (χ4n) is 3.61. The minimum atomic E-state index is -4.46. The summed E-state index contributed by atoms with van der Waals surface area (Å²) in [5.74, 6) is 0.806. The fraction of sp³-hybridized carbons (Fsp3) is 0.238. The molecule has 0 bridgehead atoms. The largest absolute Gasteiger partial charge is 0.418 e. The molecule has 2 heterocycles. The van der Waals surface area contributed by atoms with Crippen LogP contribution in [0.25, 0.3) is 0 Å². The van der Waals surface area contributed by atoms with Crippen LogP contribution in [0.4, 0.5) is 36.3 Å². The second kappa shape index (κ2) is 6.82. The second-order valence-corrected chi connectivity index (χ2v) is 6.91. The Morgan fingerprint density at radius 3 is 2.54 bits per heavy atom. The zero-order chi connectivity index (χ0) is 19.9. The van der Waals surface area contributed by atoms with Crippen LogP contribution in [0.5, 0.6) is 0 Å². The number of halogens is 3. The van der Waals surface area contributed by atoms with E-state index < -0.39 is 11.7 Å². The number of benzene rings is 2. The Labute approximate surface area is 161 Å². The van der Waals surface area contributed by atoms with Crippen LogP contribution in [-0.4, -0.2) is 16.0 Å². The van der Waals surface area contributed by atoms with Gasteiger partial charge in [0, 0.05) is 23.5 Å². The molecule has 1 aromatic heterocycles. The molecule has 3 aromatic rings. The number of aryl methyl sites for hydroxylation is 1. The molecule has 1 unspecified atom stereocenters. The number of rotatable bonds is 3. The number of alkyl halides is 3. The summed E-state index contributed by atoms with van der Waals surface area (Å²) < 4.78 is 39.8. The van der Waals surface area contributed by atoms with Gasteiger partial charge in [-0.2, -0.15) is 18.2 Å². The van der Waals surface area contributed by atoms with Gasteiger partial charge in [-0.05, 0) is 44.0 Å². The highest BCUT2D eigenvalue weighted by Gasteiger charge is 2.33. The maximum absolute atomic E-state index is 13.3. The predicted octanol–water partition coefficient (Wildman–Crippen LogP) is 5.63. The van der Waals surface area contributed by atoms with Gasteiger partial charge in [-0.1, -0.05) is 30.3 Å². The summed E-state index contributed by atoms with van der Waals surface area (Å²) in [5.41, 5.74) is 2.15. The van der Waals surface area contributed by atoms with E-state index in [9.17, 15) is 13.2 Å². The smallest absolute Gasteiger partial charge is 0.324 e. The fourth-order valence-corrected chi connectivity index (χ4v) is 3.61. The van der Waals surface area contributed by atoms with Gasteiger partial charge < -0.3 is 10.2 Å². The lowest BCUT2D eigenvalue weighted by atomic mass is 10.1. The standard InChI is InChI=1S/C21H19F3N4/c1-13-11-19(28-14(2)12-15-7-3-6-10-18(15)28)27-20(25-13)26-17-9-5-4-8-16(17)21(22,23)24/h3-11,14H,12H2,1-2H3,(H,25,26,27). The lowest BCUT2D eigenvalue weighted by Gasteiger charge is -2.24. The first kappa shape index (κ1) is 18.3. The van der Waals surface area contributed by atoms with Gasteiger partial charge in [0.25, 0.3) is 0 Å². The maximum Gasteiger partial charge on any atom is 0.418 e. The normalized spacial score (nSPS) is 16.2. The molecule has 0 spiro atoms. The monoisotopic (exact) mass is 384 g/mol. The van der Waals surface area contributed by atoms with Crippen LogP contribution in [0.15, 0.2) is 54.6 Å². The number of anilines is 4. The molecule has 0 amide bonds. The average Bonchev–Trinajstić information content (AvgIpc) is 2.96. The molecule has 2 aromatic carbocycles. The molecule has 28 heavy (non-hydrogen) atoms. The Kier molecular flexibility index (Phi) is 4.45. The number of hydrogen-bond acceptors (Lipinski definition) is 4. The van der Waals surface area contributed by atoms with Gasteiger partial charge in [0.05, 0.1) is 11.3 Å². The number of para-hydroxylation sites is 2. The van der Waals surface area contributed by atoms with Gasteiger partial charge >= 0.3 is 6.18 Å². The third-order valence-electron chi connectivity index (χ3n) is 4.77. The van der Waals surface area contributed by atoms with Gasteiger partial charge in [-0.25, -0.2) is 4.98 Å². The molecule has 144 valence electrons. The maximum atomic E-state index is 13.3. The molecule has 1 atom stereocenters. The van der Waals surface area contributed by atoms with Gasteiger partial charge in [0.2, 0.25) is 5.95 Å². The first-order chi connectivity index (χ1) is 13.3. The molecular weight excluding hydrogens is 365 g/mol. The zero-order valence-electron chi connectivity index (χ0n) is 15.5. The van der Waals surface area contributed by atoms with E-state index in [4.69, 9.17) is 0 Å². The molecule has 1 aliphatic heterocycles. The summed E-state index contributed by atoms with van der Waals surface area (Å²) in [5, 5.41) is 2.75. The molecule has 0 saturated carbocycles. The van der Waals surface area contributed by atoms with E-state index in [0.717, 1.165) is 18.2 Å². The number of nitrogens with zero attached hydrogens (tertiary/aromatic N) is 3. The van der Waals surface area contributed by atoms with E-state index >= 15 is 0 Å². The van der Waals surface area contributed by atoms with Crippen LogP contribution in [0.3, 0.4) is 0 Å². The number of aromatic nitrogens is 2. The molecular formula is C21H19F3N4. The molecule has 0 radical (unpaired) electrons. The molecule has 4 nitrogen and oxygen atoms in total. The van der Waals surface area contributed by atoms with Crippen LogP contribution < -0.4 is 10.2 Å². The van der Waals surface area contributed by atoms with Crippen molar-refractivity contribution in [2.45, 2.75) is 32.5 Å². The van der Waals surface area contributed by atoms with Gasteiger partial charge in [0.15, 0.2) is 0 Å². The van der Waals surface area contributed by atoms with Crippen LogP contribution >= 0.6 is 0 Å². The van der Waals surface area contributed by atoms with Crippen molar-refractivity contribution in [3.05, 3.63) is 71.4 Å². The molecule has 1 N–H and O–H groups in total. The van der Waals surface area contributed by atoms with Crippen molar-refractivity contribution < 1.29 is 13.2 Å². The van der Waals surface area contributed by atoms with Gasteiger partial charge in [-0.15, -0.1) is 0 Å². The summed E-state index contributed by atoms with van der Waals surface area (Å²) in [4.78, 5) is 10.9. The first-order valence-electron chi connectivity index (χ1n) is 8.99. The van der Waals surface area contributed by atoms with Crippen molar-refractivity contribution in [1.29, 1.82) is 0 Å². The highest BCUT2D eigenvalue weighted by molar-refractivity contribution is 5.70. The van der Waals surface area contributed by atoms with Gasteiger partial charge in [0.1, 0.15) is 5.82 Å². The van der Waals surface area contributed by atoms with Crippen molar-refractivity contribution in [2.24, 2.45) is 0 Å². The molecule has 0 saturated heterocycles. The van der Waals surface area contributed by atoms with Crippen LogP contribution in [0.1, 0.15) is 23.7 Å². The SMILES string of the molecule is Cc1cc(N2c3ccccc3CC2C)nc(Nc2ccccc2C(F)(F)F)n1. The molecule has 0 aliphatic carbocycles. The minimum absolute atomic E-state index is 0.0681. The zero-order valence-corrected chi connectivity index (χ0v) is 15.5. The van der Waals surface area contributed by atoms with E-state index in [1.807, 2.05) is 24.3 Å². The van der Waals surface area contributed by atoms with E-state index in [1.54, 1.807) is 13.0 Å². The van der Waals surface area contributed by atoms with Crippen molar-refractivity contribution >= 4 is 23.1 Å². The third kappa shape index (κ3) is 3.40. The quantitative estimate of drug-likeness (QED) is 0.635. The van der Waals surface area contributed by atoms with Crippen molar-refractivity contribution in [2.75, 3.05) is 10.2 Å². The van der Waals surface area contributed by atoms with E-state index in [1.165, 1.54) is 17.7 Å². The number of nitrogens with one attached hydrogen (secondary N) is 1. The Hall–Kier alpha value is -3.09. The lowest BCUT2D eigenvalue weighted by molar-refractivity contribution is -0.136. The predicted molar refractivity (Wildman–Crippen MR) is 103 cm³/mol. The molecule has 7 heteroatoms. The Balaban J connectivity index is 1.72. The van der Waals surface area contributed by atoms with Crippen LogP contribution in [0, 0.1) is 6.92 Å².